The lowest BCUT2D eigenvalue weighted by atomic mass is 10.3. The minimum atomic E-state index is -0.328. The van der Waals surface area contributed by atoms with Gasteiger partial charge in [0.05, 0.1) is 12.6 Å². The van der Waals surface area contributed by atoms with Crippen LogP contribution in [-0.2, 0) is 11.2 Å². The number of rotatable bonds is 3. The topological polar surface area (TPSA) is 62.3 Å². The lowest BCUT2D eigenvalue weighted by molar-refractivity contribution is -0.126. The number of imide groups is 1. The smallest absolute Gasteiger partial charge is 0.325 e. The van der Waals surface area contributed by atoms with Crippen LogP contribution in [0.25, 0.3) is 0 Å². The lowest BCUT2D eigenvalue weighted by Crippen LogP contribution is -2.33. The first kappa shape index (κ1) is 11.1. The Morgan fingerprint density at radius 3 is 2.88 bits per heavy atom. The fourth-order valence-corrected chi connectivity index (χ4v) is 2.52. The number of aryl methyl sites for hydroxylation is 1. The Labute approximate surface area is 97.5 Å². The summed E-state index contributed by atoms with van der Waals surface area (Å²) in [5.74, 6) is -0.189. The van der Waals surface area contributed by atoms with Crippen molar-refractivity contribution in [3.05, 3.63) is 16.1 Å². The van der Waals surface area contributed by atoms with Crippen LogP contribution in [0.5, 0.6) is 0 Å². The van der Waals surface area contributed by atoms with E-state index in [0.29, 0.717) is 0 Å². The van der Waals surface area contributed by atoms with Crippen molar-refractivity contribution in [2.24, 2.45) is 0 Å². The van der Waals surface area contributed by atoms with Gasteiger partial charge in [-0.1, -0.05) is 6.92 Å². The molecule has 86 valence electrons. The van der Waals surface area contributed by atoms with Crippen LogP contribution in [0, 0.1) is 0 Å². The van der Waals surface area contributed by atoms with E-state index >= 15 is 0 Å². The summed E-state index contributed by atoms with van der Waals surface area (Å²) < 4.78 is 0. The van der Waals surface area contributed by atoms with Crippen molar-refractivity contribution in [3.63, 3.8) is 0 Å². The highest BCUT2D eigenvalue weighted by molar-refractivity contribution is 7.11. The monoisotopic (exact) mass is 239 g/mol. The number of nitrogens with zero attached hydrogens (tertiary/aromatic N) is 2. The molecule has 0 aromatic carbocycles. The highest BCUT2D eigenvalue weighted by Gasteiger charge is 2.34. The Balaban J connectivity index is 2.20. The van der Waals surface area contributed by atoms with Gasteiger partial charge in [0, 0.05) is 11.1 Å². The molecule has 1 aliphatic heterocycles. The lowest BCUT2D eigenvalue weighted by Gasteiger charge is -2.18. The van der Waals surface area contributed by atoms with Crippen LogP contribution in [0.15, 0.2) is 6.20 Å². The quantitative estimate of drug-likeness (QED) is 0.809. The maximum absolute atomic E-state index is 11.5. The Morgan fingerprint density at radius 1 is 1.62 bits per heavy atom. The van der Waals surface area contributed by atoms with Crippen LogP contribution in [0.3, 0.4) is 0 Å². The van der Waals surface area contributed by atoms with Gasteiger partial charge >= 0.3 is 6.03 Å². The third-order valence-corrected chi connectivity index (χ3v) is 3.85. The maximum Gasteiger partial charge on any atom is 0.325 e. The van der Waals surface area contributed by atoms with Crippen molar-refractivity contribution in [3.8, 4) is 0 Å². The first-order valence-electron chi connectivity index (χ1n) is 5.18. The summed E-state index contributed by atoms with van der Waals surface area (Å²) in [4.78, 5) is 29.6. The molecule has 2 rings (SSSR count). The van der Waals surface area contributed by atoms with Crippen LogP contribution >= 0.6 is 11.3 Å². The van der Waals surface area contributed by atoms with Crippen LogP contribution in [0.2, 0.25) is 0 Å². The number of aromatic nitrogens is 1. The molecule has 6 heteroatoms. The molecule has 1 atom stereocenters. The predicted octanol–water partition coefficient (Wildman–Crippen LogP) is 1.32. The molecule has 0 radical (unpaired) electrons. The SMILES string of the molecule is CCc1cnc(C(C)N2C(=O)CNC2=O)s1. The van der Waals surface area contributed by atoms with Gasteiger partial charge in [0.15, 0.2) is 0 Å². The molecular formula is C10H13N3O2S. The summed E-state index contributed by atoms with van der Waals surface area (Å²) in [6.45, 7) is 3.96. The molecule has 0 spiro atoms. The molecule has 1 aromatic heterocycles. The second-order valence-electron chi connectivity index (χ2n) is 3.62. The van der Waals surface area contributed by atoms with Crippen LogP contribution < -0.4 is 5.32 Å². The van der Waals surface area contributed by atoms with Crippen LogP contribution in [0.4, 0.5) is 4.79 Å². The van der Waals surface area contributed by atoms with Gasteiger partial charge in [0.1, 0.15) is 5.01 Å². The van der Waals surface area contributed by atoms with E-state index in [2.05, 4.69) is 17.2 Å². The molecule has 1 aromatic rings. The Morgan fingerprint density at radius 2 is 2.38 bits per heavy atom. The van der Waals surface area contributed by atoms with Gasteiger partial charge in [-0.2, -0.15) is 0 Å². The van der Waals surface area contributed by atoms with Crippen molar-refractivity contribution >= 4 is 23.3 Å². The number of carbonyl (C=O) groups is 2. The molecule has 1 saturated heterocycles. The fourth-order valence-electron chi connectivity index (χ4n) is 1.62. The second-order valence-corrected chi connectivity index (χ2v) is 4.76. The normalized spacial score (nSPS) is 17.8. The molecule has 0 saturated carbocycles. The second kappa shape index (κ2) is 4.21. The number of hydrogen-bond donors (Lipinski definition) is 1. The first-order valence-corrected chi connectivity index (χ1v) is 5.99. The highest BCUT2D eigenvalue weighted by Crippen LogP contribution is 2.26. The molecule has 1 N–H and O–H groups in total. The third kappa shape index (κ3) is 1.80. The summed E-state index contributed by atoms with van der Waals surface area (Å²) in [5, 5.41) is 3.31. The van der Waals surface area contributed by atoms with E-state index in [1.54, 1.807) is 17.5 Å². The minimum Gasteiger partial charge on any atom is -0.329 e. The highest BCUT2D eigenvalue weighted by atomic mass is 32.1. The molecule has 3 amide bonds. The van der Waals surface area contributed by atoms with Gasteiger partial charge in [0.25, 0.3) is 5.91 Å². The van der Waals surface area contributed by atoms with Gasteiger partial charge in [-0.15, -0.1) is 11.3 Å². The number of nitrogens with one attached hydrogen (secondary N) is 1. The predicted molar refractivity (Wildman–Crippen MR) is 60.2 cm³/mol. The van der Waals surface area contributed by atoms with Crippen molar-refractivity contribution in [2.45, 2.75) is 26.3 Å². The fraction of sp³-hybridized carbons (Fsp3) is 0.500. The molecule has 16 heavy (non-hydrogen) atoms. The third-order valence-electron chi connectivity index (χ3n) is 2.54. The van der Waals surface area contributed by atoms with E-state index in [1.807, 2.05) is 6.92 Å². The van der Waals surface area contributed by atoms with Crippen molar-refractivity contribution < 1.29 is 9.59 Å². The number of thiazole rings is 1. The van der Waals surface area contributed by atoms with Crippen molar-refractivity contribution in [1.29, 1.82) is 0 Å². The molecule has 5 nitrogen and oxygen atoms in total. The molecule has 2 heterocycles. The van der Waals surface area contributed by atoms with Crippen molar-refractivity contribution in [1.82, 2.24) is 15.2 Å². The standard InChI is InChI=1S/C10H13N3O2S/c1-3-7-4-11-9(16-7)6(2)13-8(14)5-12-10(13)15/h4,6H,3,5H2,1-2H3,(H,12,15). The van der Waals surface area contributed by atoms with E-state index in [1.165, 1.54) is 4.90 Å². The number of carbonyl (C=O) groups excluding carboxylic acids is 2. The number of urea groups is 1. The van der Waals surface area contributed by atoms with Gasteiger partial charge in [-0.05, 0) is 13.3 Å². The average Bonchev–Trinajstić information content (AvgIpc) is 2.85. The molecule has 0 bridgehead atoms. The Hall–Kier alpha value is -1.43. The first-order chi connectivity index (χ1) is 7.63. The zero-order chi connectivity index (χ0) is 11.7. The zero-order valence-electron chi connectivity index (χ0n) is 9.19. The maximum atomic E-state index is 11.5. The van der Waals surface area contributed by atoms with E-state index < -0.39 is 0 Å². The van der Waals surface area contributed by atoms with E-state index in [-0.39, 0.29) is 24.5 Å². The van der Waals surface area contributed by atoms with E-state index in [4.69, 9.17) is 0 Å². The minimum absolute atomic E-state index is 0.0924. The summed E-state index contributed by atoms with van der Waals surface area (Å²) in [6, 6.07) is -0.606. The van der Waals surface area contributed by atoms with Crippen molar-refractivity contribution in [2.75, 3.05) is 6.54 Å². The molecule has 1 aliphatic rings. The summed E-state index contributed by atoms with van der Waals surface area (Å²) in [6.07, 6.45) is 2.72. The summed E-state index contributed by atoms with van der Waals surface area (Å²) >= 11 is 1.55. The zero-order valence-corrected chi connectivity index (χ0v) is 10.0. The molecule has 1 unspecified atom stereocenters. The molecule has 0 aliphatic carbocycles. The van der Waals surface area contributed by atoms with Gasteiger partial charge in [-0.25, -0.2) is 9.78 Å². The van der Waals surface area contributed by atoms with Crippen LogP contribution in [0.1, 0.15) is 29.8 Å². The summed E-state index contributed by atoms with van der Waals surface area (Å²) in [5.41, 5.74) is 0. The molecular weight excluding hydrogens is 226 g/mol. The number of hydrogen-bond acceptors (Lipinski definition) is 4. The summed E-state index contributed by atoms with van der Waals surface area (Å²) in [7, 11) is 0. The van der Waals surface area contributed by atoms with Crippen LogP contribution in [-0.4, -0.2) is 28.4 Å². The van der Waals surface area contributed by atoms with Gasteiger partial charge in [0.2, 0.25) is 0 Å². The number of amides is 3. The van der Waals surface area contributed by atoms with Gasteiger partial charge < -0.3 is 5.32 Å². The van der Waals surface area contributed by atoms with E-state index in [9.17, 15) is 9.59 Å². The van der Waals surface area contributed by atoms with Gasteiger partial charge in [-0.3, -0.25) is 9.69 Å². The molecule has 1 fully saturated rings. The Bertz CT molecular complexity index is 413. The Kier molecular flexibility index (Phi) is 2.91. The van der Waals surface area contributed by atoms with E-state index in [0.717, 1.165) is 16.3 Å². The average molecular weight is 239 g/mol. The largest absolute Gasteiger partial charge is 0.329 e.